The molecule has 0 saturated carbocycles. The second-order valence-electron chi connectivity index (χ2n) is 6.90. The van der Waals surface area contributed by atoms with Gasteiger partial charge >= 0.3 is 6.18 Å². The van der Waals surface area contributed by atoms with Gasteiger partial charge in [-0.25, -0.2) is 0 Å². The molecule has 1 rings (SSSR count). The lowest BCUT2D eigenvalue weighted by Gasteiger charge is -2.35. The molecule has 0 spiro atoms. The molecule has 0 aromatic carbocycles. The predicted octanol–water partition coefficient (Wildman–Crippen LogP) is 3.45. The molecule has 118 valence electrons. The summed E-state index contributed by atoms with van der Waals surface area (Å²) >= 11 is 0. The number of hydrogen-bond acceptors (Lipinski definition) is 2. The van der Waals surface area contributed by atoms with Crippen molar-refractivity contribution in [1.29, 1.82) is 0 Å². The number of nitrogens with zero attached hydrogens (tertiary/aromatic N) is 1. The highest BCUT2D eigenvalue weighted by Crippen LogP contribution is 2.30. The van der Waals surface area contributed by atoms with Crippen molar-refractivity contribution in [3.63, 3.8) is 0 Å². The zero-order chi connectivity index (χ0) is 15.4. The van der Waals surface area contributed by atoms with Crippen LogP contribution in [-0.4, -0.2) is 43.8 Å². The van der Waals surface area contributed by atoms with Crippen molar-refractivity contribution >= 4 is 0 Å². The first-order valence-corrected chi connectivity index (χ1v) is 7.29. The Labute approximate surface area is 120 Å². The molecule has 0 saturated heterocycles. The Kier molecular flexibility index (Phi) is 6.07. The van der Waals surface area contributed by atoms with Crippen molar-refractivity contribution in [2.45, 2.75) is 40.3 Å². The van der Waals surface area contributed by atoms with Gasteiger partial charge in [0.05, 0.1) is 0 Å². The van der Waals surface area contributed by atoms with Crippen molar-refractivity contribution in [1.82, 2.24) is 10.2 Å². The molecule has 1 N–H and O–H groups in total. The maximum Gasteiger partial charge on any atom is 0.412 e. The lowest BCUT2D eigenvalue weighted by Crippen LogP contribution is -2.43. The summed E-state index contributed by atoms with van der Waals surface area (Å²) in [6.45, 7) is 12.2. The van der Waals surface area contributed by atoms with E-state index in [1.54, 1.807) is 0 Å². The molecule has 1 heterocycles. The fraction of sp³-hybridized carbons (Fsp3) is 0.867. The van der Waals surface area contributed by atoms with Crippen molar-refractivity contribution in [3.8, 4) is 0 Å². The first-order valence-electron chi connectivity index (χ1n) is 7.29. The van der Waals surface area contributed by atoms with E-state index in [4.69, 9.17) is 0 Å². The van der Waals surface area contributed by atoms with Gasteiger partial charge in [-0.15, -0.1) is 0 Å². The van der Waals surface area contributed by atoms with Crippen LogP contribution in [0.4, 0.5) is 13.2 Å². The van der Waals surface area contributed by atoms with E-state index in [1.807, 2.05) is 0 Å². The molecule has 1 aliphatic rings. The standard InChI is InChI=1S/C15H27F3N2/c1-12(2)9-19-10-14(3,4)11-20-7-5-13(6-8-20)15(16,17)18/h5,12,19H,6-11H2,1-4H3. The van der Waals surface area contributed by atoms with Crippen LogP contribution in [0.2, 0.25) is 0 Å². The first kappa shape index (κ1) is 17.5. The Hall–Kier alpha value is -0.550. The lowest BCUT2D eigenvalue weighted by molar-refractivity contribution is -0.0962. The zero-order valence-corrected chi connectivity index (χ0v) is 13.0. The summed E-state index contributed by atoms with van der Waals surface area (Å²) in [6, 6.07) is 0. The number of hydrogen-bond donors (Lipinski definition) is 1. The van der Waals surface area contributed by atoms with Crippen LogP contribution >= 0.6 is 0 Å². The SMILES string of the molecule is CC(C)CNCC(C)(C)CN1CC=C(C(F)(F)F)CC1. The summed E-state index contributed by atoms with van der Waals surface area (Å²) in [4.78, 5) is 2.10. The Morgan fingerprint density at radius 2 is 1.95 bits per heavy atom. The zero-order valence-electron chi connectivity index (χ0n) is 13.0. The summed E-state index contributed by atoms with van der Waals surface area (Å²) in [7, 11) is 0. The van der Waals surface area contributed by atoms with Crippen LogP contribution < -0.4 is 5.32 Å². The van der Waals surface area contributed by atoms with E-state index in [0.717, 1.165) is 19.6 Å². The molecule has 2 nitrogen and oxygen atoms in total. The molecular weight excluding hydrogens is 265 g/mol. The van der Waals surface area contributed by atoms with E-state index >= 15 is 0 Å². The van der Waals surface area contributed by atoms with Gasteiger partial charge in [-0.2, -0.15) is 13.2 Å². The summed E-state index contributed by atoms with van der Waals surface area (Å²) in [5.74, 6) is 0.609. The molecule has 0 fully saturated rings. The average molecular weight is 292 g/mol. The topological polar surface area (TPSA) is 15.3 Å². The van der Waals surface area contributed by atoms with Gasteiger partial charge in [0.1, 0.15) is 0 Å². The van der Waals surface area contributed by atoms with Crippen LogP contribution in [0.1, 0.15) is 34.1 Å². The van der Waals surface area contributed by atoms with Gasteiger partial charge < -0.3 is 5.32 Å². The molecule has 0 radical (unpaired) electrons. The van der Waals surface area contributed by atoms with Crippen LogP contribution in [0.25, 0.3) is 0 Å². The van der Waals surface area contributed by atoms with E-state index in [2.05, 4.69) is 37.9 Å². The average Bonchev–Trinajstić information content (AvgIpc) is 2.26. The third-order valence-electron chi connectivity index (χ3n) is 3.47. The van der Waals surface area contributed by atoms with Gasteiger partial charge in [0.2, 0.25) is 0 Å². The van der Waals surface area contributed by atoms with E-state index in [9.17, 15) is 13.2 Å². The molecule has 20 heavy (non-hydrogen) atoms. The van der Waals surface area contributed by atoms with Gasteiger partial charge in [0.25, 0.3) is 0 Å². The molecule has 0 aliphatic carbocycles. The van der Waals surface area contributed by atoms with Crippen LogP contribution in [0, 0.1) is 11.3 Å². The highest BCUT2D eigenvalue weighted by Gasteiger charge is 2.35. The van der Waals surface area contributed by atoms with Crippen molar-refractivity contribution < 1.29 is 13.2 Å². The number of halogens is 3. The highest BCUT2D eigenvalue weighted by molar-refractivity contribution is 5.13. The van der Waals surface area contributed by atoms with Gasteiger partial charge in [-0.05, 0) is 24.3 Å². The van der Waals surface area contributed by atoms with Crippen LogP contribution in [0.3, 0.4) is 0 Å². The maximum absolute atomic E-state index is 12.6. The number of rotatable bonds is 6. The molecule has 0 unspecified atom stereocenters. The van der Waals surface area contributed by atoms with Crippen molar-refractivity contribution in [3.05, 3.63) is 11.6 Å². The Bertz CT molecular complexity index is 333. The minimum atomic E-state index is -4.15. The summed E-state index contributed by atoms with van der Waals surface area (Å²) in [6.07, 6.45) is -2.71. The van der Waals surface area contributed by atoms with Crippen LogP contribution in [0.5, 0.6) is 0 Å². The summed E-state index contributed by atoms with van der Waals surface area (Å²) in [5, 5.41) is 3.43. The molecule has 0 bridgehead atoms. The first-order chi connectivity index (χ1) is 9.10. The Morgan fingerprint density at radius 3 is 2.40 bits per heavy atom. The molecule has 0 aromatic rings. The molecule has 0 amide bonds. The van der Waals surface area contributed by atoms with Crippen molar-refractivity contribution in [2.24, 2.45) is 11.3 Å². The normalized spacial score (nSPS) is 18.5. The maximum atomic E-state index is 12.6. The van der Waals surface area contributed by atoms with E-state index in [0.29, 0.717) is 19.0 Å². The highest BCUT2D eigenvalue weighted by atomic mass is 19.4. The van der Waals surface area contributed by atoms with Gasteiger partial charge in [0.15, 0.2) is 0 Å². The molecule has 0 aromatic heterocycles. The summed E-state index contributed by atoms with van der Waals surface area (Å²) < 4.78 is 37.7. The Morgan fingerprint density at radius 1 is 1.30 bits per heavy atom. The quantitative estimate of drug-likeness (QED) is 0.754. The van der Waals surface area contributed by atoms with Gasteiger partial charge in [0, 0.05) is 31.8 Å². The van der Waals surface area contributed by atoms with Crippen LogP contribution in [0.15, 0.2) is 11.6 Å². The van der Waals surface area contributed by atoms with Gasteiger partial charge in [-0.1, -0.05) is 33.8 Å². The number of nitrogens with one attached hydrogen (secondary N) is 1. The smallest absolute Gasteiger partial charge is 0.316 e. The summed E-state index contributed by atoms with van der Waals surface area (Å²) in [5.41, 5.74) is -0.303. The second kappa shape index (κ2) is 6.94. The molecular formula is C15H27F3N2. The predicted molar refractivity (Wildman–Crippen MR) is 76.7 cm³/mol. The molecule has 1 aliphatic heterocycles. The van der Waals surface area contributed by atoms with E-state index < -0.39 is 6.18 Å². The third kappa shape index (κ3) is 6.27. The van der Waals surface area contributed by atoms with E-state index in [-0.39, 0.29) is 17.4 Å². The minimum absolute atomic E-state index is 0.0679. The molecule has 0 atom stereocenters. The minimum Gasteiger partial charge on any atom is -0.316 e. The Balaban J connectivity index is 2.40. The largest absolute Gasteiger partial charge is 0.412 e. The fourth-order valence-corrected chi connectivity index (χ4v) is 2.47. The van der Waals surface area contributed by atoms with Crippen molar-refractivity contribution in [2.75, 3.05) is 32.7 Å². The third-order valence-corrected chi connectivity index (χ3v) is 3.47. The van der Waals surface area contributed by atoms with Gasteiger partial charge in [-0.3, -0.25) is 4.90 Å². The fourth-order valence-electron chi connectivity index (χ4n) is 2.47. The van der Waals surface area contributed by atoms with E-state index in [1.165, 1.54) is 6.08 Å². The molecule has 5 heteroatoms. The monoisotopic (exact) mass is 292 g/mol. The van der Waals surface area contributed by atoms with Crippen LogP contribution in [-0.2, 0) is 0 Å². The number of alkyl halides is 3. The lowest BCUT2D eigenvalue weighted by atomic mass is 9.91. The second-order valence-corrected chi connectivity index (χ2v) is 6.90.